The fourth-order valence-corrected chi connectivity index (χ4v) is 7.19. The average molecular weight is 565 g/mol. The summed E-state index contributed by atoms with van der Waals surface area (Å²) in [5, 5.41) is 0.703. The van der Waals surface area contributed by atoms with Crippen LogP contribution in [0.4, 0.5) is 0 Å². The highest BCUT2D eigenvalue weighted by atomic mass is 32.2. The van der Waals surface area contributed by atoms with E-state index in [2.05, 4.69) is 9.71 Å². The summed E-state index contributed by atoms with van der Waals surface area (Å²) in [7, 11) is -6.53. The molecule has 0 amide bonds. The number of H-pyrrole nitrogens is 1. The van der Waals surface area contributed by atoms with Gasteiger partial charge < -0.3 is 19.6 Å². The summed E-state index contributed by atoms with van der Waals surface area (Å²) in [5.74, 6) is 0. The number of rotatable bonds is 7. The van der Waals surface area contributed by atoms with Gasteiger partial charge in [-0.15, -0.1) is 0 Å². The lowest BCUT2D eigenvalue weighted by atomic mass is 9.86. The van der Waals surface area contributed by atoms with Crippen LogP contribution in [0, 0.1) is 6.92 Å². The van der Waals surface area contributed by atoms with Gasteiger partial charge in [0.1, 0.15) is 17.7 Å². The first kappa shape index (κ1) is 28.5. The standard InChI is InChI=1S/C25H36N4O7SSi/c1-16-12-29(23(31)27-21(16)30)22-20(36-38(5,6)24(2,3)4)25(18(26)15-37(32,33)28-25)19(35-22)14-34-13-17-10-8-7-9-11-17/h7-12,15,19-20,22,28H,13-14,26H2,1-6H3,(H,27,30,31)/t19-,20+,22-,25-/m1/s1. The van der Waals surface area contributed by atoms with Gasteiger partial charge in [-0.05, 0) is 30.6 Å². The molecule has 38 heavy (non-hydrogen) atoms. The zero-order chi connectivity index (χ0) is 28.1. The van der Waals surface area contributed by atoms with E-state index in [4.69, 9.17) is 19.6 Å². The molecule has 2 aliphatic heterocycles. The van der Waals surface area contributed by atoms with Crippen molar-refractivity contribution in [1.82, 2.24) is 14.3 Å². The molecule has 1 spiro atoms. The van der Waals surface area contributed by atoms with Crippen LogP contribution in [0.25, 0.3) is 0 Å². The predicted molar refractivity (Wildman–Crippen MR) is 145 cm³/mol. The van der Waals surface area contributed by atoms with Crippen molar-refractivity contribution in [2.75, 3.05) is 6.61 Å². The minimum atomic E-state index is -3.93. The van der Waals surface area contributed by atoms with Gasteiger partial charge in [0.2, 0.25) is 10.0 Å². The lowest BCUT2D eigenvalue weighted by molar-refractivity contribution is -0.0663. The lowest BCUT2D eigenvalue weighted by Crippen LogP contribution is -2.64. The molecule has 0 unspecified atom stereocenters. The molecule has 4 N–H and O–H groups in total. The third kappa shape index (κ3) is 5.18. The van der Waals surface area contributed by atoms with Crippen molar-refractivity contribution >= 4 is 18.3 Å². The van der Waals surface area contributed by atoms with Gasteiger partial charge in [0.05, 0.1) is 18.6 Å². The summed E-state index contributed by atoms with van der Waals surface area (Å²) in [5.41, 5.74) is 4.89. The van der Waals surface area contributed by atoms with Crippen molar-refractivity contribution in [3.05, 3.63) is 79.6 Å². The Bertz CT molecular complexity index is 1450. The van der Waals surface area contributed by atoms with Crippen molar-refractivity contribution in [1.29, 1.82) is 0 Å². The number of aryl methyl sites for hydroxylation is 1. The van der Waals surface area contributed by atoms with E-state index in [1.807, 2.05) is 64.2 Å². The summed E-state index contributed by atoms with van der Waals surface area (Å²) in [6.45, 7) is 11.9. The monoisotopic (exact) mass is 564 g/mol. The second-order valence-corrected chi connectivity index (χ2v) is 17.7. The molecule has 0 aliphatic carbocycles. The Hall–Kier alpha value is -2.55. The number of hydrogen-bond acceptors (Lipinski definition) is 8. The van der Waals surface area contributed by atoms with Crippen LogP contribution in [0.5, 0.6) is 0 Å². The van der Waals surface area contributed by atoms with Crippen LogP contribution < -0.4 is 21.7 Å². The Kier molecular flexibility index (Phi) is 7.40. The van der Waals surface area contributed by atoms with E-state index >= 15 is 0 Å². The van der Waals surface area contributed by atoms with Crippen molar-refractivity contribution in [2.45, 2.75) is 76.4 Å². The van der Waals surface area contributed by atoms with Gasteiger partial charge in [-0.2, -0.15) is 4.72 Å². The van der Waals surface area contributed by atoms with Crippen LogP contribution in [-0.4, -0.2) is 50.6 Å². The zero-order valence-corrected chi connectivity index (χ0v) is 24.3. The smallest absolute Gasteiger partial charge is 0.330 e. The topological polar surface area (TPSA) is 155 Å². The Morgan fingerprint density at radius 2 is 1.84 bits per heavy atom. The van der Waals surface area contributed by atoms with Crippen LogP contribution in [0.2, 0.25) is 18.1 Å². The minimum Gasteiger partial charge on any atom is -0.407 e. The number of sulfonamides is 1. The van der Waals surface area contributed by atoms with E-state index in [1.165, 1.54) is 10.8 Å². The Morgan fingerprint density at radius 1 is 1.18 bits per heavy atom. The van der Waals surface area contributed by atoms with Crippen molar-refractivity contribution in [3.8, 4) is 0 Å². The number of hydrogen-bond donors (Lipinski definition) is 3. The van der Waals surface area contributed by atoms with Crippen molar-refractivity contribution < 1.29 is 22.3 Å². The normalized spacial score (nSPS) is 27.1. The molecule has 0 bridgehead atoms. The first-order valence-corrected chi connectivity index (χ1v) is 16.8. The summed E-state index contributed by atoms with van der Waals surface area (Å²) in [4.78, 5) is 27.4. The molecule has 208 valence electrons. The molecular formula is C25H36N4O7SSi. The molecule has 4 atom stereocenters. The number of aromatic nitrogens is 2. The van der Waals surface area contributed by atoms with Gasteiger partial charge in [0.15, 0.2) is 14.5 Å². The number of nitrogens with zero attached hydrogens (tertiary/aromatic N) is 1. The Morgan fingerprint density at radius 3 is 2.42 bits per heavy atom. The molecule has 0 radical (unpaired) electrons. The van der Waals surface area contributed by atoms with E-state index in [0.717, 1.165) is 11.0 Å². The molecule has 4 rings (SSSR count). The fourth-order valence-electron chi connectivity index (χ4n) is 4.48. The van der Waals surface area contributed by atoms with Gasteiger partial charge >= 0.3 is 5.69 Å². The predicted octanol–water partition coefficient (Wildman–Crippen LogP) is 1.82. The molecule has 1 fully saturated rings. The maximum absolute atomic E-state index is 13.0. The van der Waals surface area contributed by atoms with Gasteiger partial charge in [-0.25, -0.2) is 13.2 Å². The van der Waals surface area contributed by atoms with E-state index in [9.17, 15) is 18.0 Å². The van der Waals surface area contributed by atoms with E-state index in [-0.39, 0.29) is 29.5 Å². The number of benzene rings is 1. The molecule has 1 saturated heterocycles. The SMILES string of the molecule is Cc1cn([C@@H]2O[C@H](COCc3ccccc3)[C@@]3(NS(=O)(=O)C=C3N)[C@H]2O[Si](C)(C)C(C)(C)C)c(=O)[nH]c1=O. The molecule has 2 aromatic rings. The van der Waals surface area contributed by atoms with Crippen LogP contribution >= 0.6 is 0 Å². The van der Waals surface area contributed by atoms with Crippen molar-refractivity contribution in [2.24, 2.45) is 5.73 Å². The highest BCUT2D eigenvalue weighted by Crippen LogP contribution is 2.48. The number of nitrogens with one attached hydrogen (secondary N) is 2. The average Bonchev–Trinajstić information content (AvgIpc) is 3.23. The van der Waals surface area contributed by atoms with Gasteiger partial charge in [0.25, 0.3) is 5.56 Å². The van der Waals surface area contributed by atoms with Crippen LogP contribution in [0.15, 0.2) is 57.2 Å². The summed E-state index contributed by atoms with van der Waals surface area (Å²) in [6.07, 6.45) is -1.70. The molecule has 3 heterocycles. The fraction of sp³-hybridized carbons (Fsp3) is 0.520. The van der Waals surface area contributed by atoms with E-state index in [0.29, 0.717) is 0 Å². The molecular weight excluding hydrogens is 528 g/mol. The zero-order valence-electron chi connectivity index (χ0n) is 22.5. The van der Waals surface area contributed by atoms with Crippen LogP contribution in [0.3, 0.4) is 0 Å². The first-order valence-electron chi connectivity index (χ1n) is 12.4. The second-order valence-electron chi connectivity index (χ2n) is 11.4. The molecule has 1 aromatic carbocycles. The number of aromatic amines is 1. The minimum absolute atomic E-state index is 0.00576. The highest BCUT2D eigenvalue weighted by molar-refractivity contribution is 7.92. The lowest BCUT2D eigenvalue weighted by Gasteiger charge is -2.44. The van der Waals surface area contributed by atoms with Gasteiger partial charge in [-0.1, -0.05) is 51.1 Å². The number of nitrogens with two attached hydrogens (primary N) is 1. The Labute approximate surface area is 223 Å². The molecule has 0 saturated carbocycles. The largest absolute Gasteiger partial charge is 0.407 e. The van der Waals surface area contributed by atoms with E-state index in [1.54, 1.807) is 6.92 Å². The Balaban J connectivity index is 1.82. The third-order valence-corrected chi connectivity index (χ3v) is 13.3. The quantitative estimate of drug-likeness (QED) is 0.430. The van der Waals surface area contributed by atoms with Crippen molar-refractivity contribution in [3.63, 3.8) is 0 Å². The number of ether oxygens (including phenoxy) is 2. The second kappa shape index (κ2) is 9.88. The molecule has 2 aliphatic rings. The van der Waals surface area contributed by atoms with Gasteiger partial charge in [-0.3, -0.25) is 14.3 Å². The summed E-state index contributed by atoms with van der Waals surface area (Å²) >= 11 is 0. The first-order chi connectivity index (χ1) is 17.6. The molecule has 1 aromatic heterocycles. The third-order valence-electron chi connectivity index (χ3n) is 7.62. The maximum atomic E-state index is 13.0. The molecule has 11 nitrogen and oxygen atoms in total. The highest BCUT2D eigenvalue weighted by Gasteiger charge is 2.65. The van der Waals surface area contributed by atoms with Crippen LogP contribution in [0.1, 0.15) is 38.1 Å². The van der Waals surface area contributed by atoms with Gasteiger partial charge in [0, 0.05) is 17.5 Å². The summed E-state index contributed by atoms with van der Waals surface area (Å²) < 4.78 is 48.8. The summed E-state index contributed by atoms with van der Waals surface area (Å²) in [6, 6.07) is 9.50. The molecule has 13 heteroatoms. The van der Waals surface area contributed by atoms with E-state index < -0.39 is 53.6 Å². The maximum Gasteiger partial charge on any atom is 0.330 e. The van der Waals surface area contributed by atoms with Crippen LogP contribution in [-0.2, 0) is 30.5 Å².